The SMILES string of the molecule is CCOc1ccc(CNCCN2CCOCC2)cc1Br. The summed E-state index contributed by atoms with van der Waals surface area (Å²) in [7, 11) is 0. The van der Waals surface area contributed by atoms with Crippen LogP contribution in [0.4, 0.5) is 0 Å². The number of benzene rings is 1. The number of nitrogens with zero attached hydrogens (tertiary/aromatic N) is 1. The van der Waals surface area contributed by atoms with Crippen molar-refractivity contribution in [1.29, 1.82) is 0 Å². The predicted octanol–water partition coefficient (Wildman–Crippen LogP) is 2.27. The van der Waals surface area contributed by atoms with Gasteiger partial charge in [0.15, 0.2) is 0 Å². The molecule has 20 heavy (non-hydrogen) atoms. The van der Waals surface area contributed by atoms with E-state index in [1.54, 1.807) is 0 Å². The molecule has 1 N–H and O–H groups in total. The fourth-order valence-corrected chi connectivity index (χ4v) is 2.76. The minimum Gasteiger partial charge on any atom is -0.493 e. The van der Waals surface area contributed by atoms with E-state index >= 15 is 0 Å². The lowest BCUT2D eigenvalue weighted by Crippen LogP contribution is -2.40. The summed E-state index contributed by atoms with van der Waals surface area (Å²) in [6, 6.07) is 6.25. The Kier molecular flexibility index (Phi) is 6.79. The minimum atomic E-state index is 0.690. The number of nitrogens with one attached hydrogen (secondary N) is 1. The van der Waals surface area contributed by atoms with Gasteiger partial charge in [-0.2, -0.15) is 0 Å². The van der Waals surface area contributed by atoms with Crippen LogP contribution in [0.15, 0.2) is 22.7 Å². The van der Waals surface area contributed by atoms with E-state index in [1.807, 2.05) is 13.0 Å². The summed E-state index contributed by atoms with van der Waals surface area (Å²) in [4.78, 5) is 2.44. The Balaban J connectivity index is 1.69. The van der Waals surface area contributed by atoms with Crippen molar-refractivity contribution < 1.29 is 9.47 Å². The van der Waals surface area contributed by atoms with Crippen LogP contribution in [0.2, 0.25) is 0 Å². The molecular formula is C15H23BrN2O2. The zero-order chi connectivity index (χ0) is 14.2. The maximum Gasteiger partial charge on any atom is 0.133 e. The molecule has 2 rings (SSSR count). The monoisotopic (exact) mass is 342 g/mol. The van der Waals surface area contributed by atoms with Gasteiger partial charge in [-0.3, -0.25) is 4.90 Å². The molecule has 0 amide bonds. The van der Waals surface area contributed by atoms with E-state index in [-0.39, 0.29) is 0 Å². The fourth-order valence-electron chi connectivity index (χ4n) is 2.22. The van der Waals surface area contributed by atoms with Crippen molar-refractivity contribution in [1.82, 2.24) is 10.2 Å². The number of halogens is 1. The van der Waals surface area contributed by atoms with Crippen molar-refractivity contribution in [3.63, 3.8) is 0 Å². The van der Waals surface area contributed by atoms with Gasteiger partial charge in [-0.1, -0.05) is 6.07 Å². The molecule has 1 heterocycles. The van der Waals surface area contributed by atoms with Crippen molar-refractivity contribution in [2.45, 2.75) is 13.5 Å². The highest BCUT2D eigenvalue weighted by atomic mass is 79.9. The van der Waals surface area contributed by atoms with Crippen LogP contribution in [-0.2, 0) is 11.3 Å². The summed E-state index contributed by atoms with van der Waals surface area (Å²) < 4.78 is 11.9. The summed E-state index contributed by atoms with van der Waals surface area (Å²) in [5, 5.41) is 3.48. The van der Waals surface area contributed by atoms with Crippen LogP contribution in [0.1, 0.15) is 12.5 Å². The van der Waals surface area contributed by atoms with Gasteiger partial charge in [0.1, 0.15) is 5.75 Å². The maximum atomic E-state index is 5.51. The lowest BCUT2D eigenvalue weighted by Gasteiger charge is -2.26. The molecular weight excluding hydrogens is 320 g/mol. The summed E-state index contributed by atoms with van der Waals surface area (Å²) >= 11 is 3.54. The summed E-state index contributed by atoms with van der Waals surface area (Å²) in [6.45, 7) is 9.50. The first-order valence-corrected chi connectivity index (χ1v) is 8.01. The fraction of sp³-hybridized carbons (Fsp3) is 0.600. The Labute approximate surface area is 129 Å². The molecule has 0 saturated carbocycles. The number of ether oxygens (including phenoxy) is 2. The lowest BCUT2D eigenvalue weighted by molar-refractivity contribution is 0.0384. The Bertz CT molecular complexity index is 409. The van der Waals surface area contributed by atoms with Crippen LogP contribution in [-0.4, -0.2) is 50.9 Å². The molecule has 4 nitrogen and oxygen atoms in total. The molecule has 0 spiro atoms. The second-order valence-corrected chi connectivity index (χ2v) is 5.68. The zero-order valence-electron chi connectivity index (χ0n) is 12.0. The minimum absolute atomic E-state index is 0.690. The first kappa shape index (κ1) is 15.8. The van der Waals surface area contributed by atoms with Gasteiger partial charge in [-0.15, -0.1) is 0 Å². The van der Waals surface area contributed by atoms with E-state index in [0.29, 0.717) is 6.61 Å². The third-order valence-electron chi connectivity index (χ3n) is 3.33. The van der Waals surface area contributed by atoms with Gasteiger partial charge in [0.05, 0.1) is 24.3 Å². The molecule has 112 valence electrons. The van der Waals surface area contributed by atoms with Gasteiger partial charge >= 0.3 is 0 Å². The average molecular weight is 343 g/mol. The van der Waals surface area contributed by atoms with Crippen LogP contribution in [0.5, 0.6) is 5.75 Å². The largest absolute Gasteiger partial charge is 0.493 e. The zero-order valence-corrected chi connectivity index (χ0v) is 13.6. The lowest BCUT2D eigenvalue weighted by atomic mass is 10.2. The Morgan fingerprint density at radius 3 is 2.85 bits per heavy atom. The Hall–Kier alpha value is -0.620. The smallest absolute Gasteiger partial charge is 0.133 e. The van der Waals surface area contributed by atoms with E-state index in [2.05, 4.69) is 38.3 Å². The molecule has 0 bridgehead atoms. The predicted molar refractivity (Wildman–Crippen MR) is 84.3 cm³/mol. The molecule has 5 heteroatoms. The van der Waals surface area contributed by atoms with Gasteiger partial charge < -0.3 is 14.8 Å². The highest BCUT2D eigenvalue weighted by Crippen LogP contribution is 2.25. The quantitative estimate of drug-likeness (QED) is 0.770. The van der Waals surface area contributed by atoms with Crippen LogP contribution in [0.3, 0.4) is 0 Å². The number of rotatable bonds is 7. The molecule has 1 fully saturated rings. The summed E-state index contributed by atoms with van der Waals surface area (Å²) in [5.74, 6) is 0.907. The van der Waals surface area contributed by atoms with Crippen LogP contribution >= 0.6 is 15.9 Å². The molecule has 0 aliphatic carbocycles. The second kappa shape index (κ2) is 8.62. The van der Waals surface area contributed by atoms with Crippen LogP contribution in [0.25, 0.3) is 0 Å². The normalized spacial score (nSPS) is 16.3. The van der Waals surface area contributed by atoms with E-state index in [0.717, 1.165) is 56.2 Å². The maximum absolute atomic E-state index is 5.51. The first-order valence-electron chi connectivity index (χ1n) is 7.21. The average Bonchev–Trinajstić information content (AvgIpc) is 2.48. The Morgan fingerprint density at radius 1 is 1.35 bits per heavy atom. The molecule has 0 unspecified atom stereocenters. The summed E-state index contributed by atoms with van der Waals surface area (Å²) in [6.07, 6.45) is 0. The van der Waals surface area contributed by atoms with Gasteiger partial charge in [0, 0.05) is 32.7 Å². The molecule has 1 aromatic carbocycles. The molecule has 1 aromatic rings. The van der Waals surface area contributed by atoms with E-state index in [4.69, 9.17) is 9.47 Å². The molecule has 0 atom stereocenters. The highest BCUT2D eigenvalue weighted by Gasteiger charge is 2.09. The topological polar surface area (TPSA) is 33.7 Å². The number of hydrogen-bond donors (Lipinski definition) is 1. The van der Waals surface area contributed by atoms with Gasteiger partial charge in [0.25, 0.3) is 0 Å². The summed E-state index contributed by atoms with van der Waals surface area (Å²) in [5.41, 5.74) is 1.27. The van der Waals surface area contributed by atoms with Crippen molar-refractivity contribution in [3.8, 4) is 5.75 Å². The molecule has 1 aliphatic heterocycles. The number of hydrogen-bond acceptors (Lipinski definition) is 4. The van der Waals surface area contributed by atoms with Crippen molar-refractivity contribution in [3.05, 3.63) is 28.2 Å². The Morgan fingerprint density at radius 2 is 2.15 bits per heavy atom. The van der Waals surface area contributed by atoms with E-state index in [1.165, 1.54) is 5.56 Å². The molecule has 0 aromatic heterocycles. The van der Waals surface area contributed by atoms with E-state index in [9.17, 15) is 0 Å². The van der Waals surface area contributed by atoms with Crippen molar-refractivity contribution in [2.24, 2.45) is 0 Å². The third-order valence-corrected chi connectivity index (χ3v) is 3.95. The van der Waals surface area contributed by atoms with Gasteiger partial charge in [0.2, 0.25) is 0 Å². The molecule has 1 aliphatic rings. The third kappa shape index (κ3) is 5.05. The highest BCUT2D eigenvalue weighted by molar-refractivity contribution is 9.10. The van der Waals surface area contributed by atoms with Crippen LogP contribution in [0, 0.1) is 0 Å². The van der Waals surface area contributed by atoms with Gasteiger partial charge in [-0.25, -0.2) is 0 Å². The van der Waals surface area contributed by atoms with Crippen LogP contribution < -0.4 is 10.1 Å². The van der Waals surface area contributed by atoms with Crippen molar-refractivity contribution in [2.75, 3.05) is 46.0 Å². The van der Waals surface area contributed by atoms with Gasteiger partial charge in [-0.05, 0) is 40.5 Å². The first-order chi connectivity index (χ1) is 9.79. The van der Waals surface area contributed by atoms with Crippen molar-refractivity contribution >= 4 is 15.9 Å². The second-order valence-electron chi connectivity index (χ2n) is 4.83. The van der Waals surface area contributed by atoms with E-state index < -0.39 is 0 Å². The molecule has 0 radical (unpaired) electrons. The standard InChI is InChI=1S/C15H23BrN2O2/c1-2-20-15-4-3-13(11-14(15)16)12-17-5-6-18-7-9-19-10-8-18/h3-4,11,17H,2,5-10,12H2,1H3. The number of morpholine rings is 1. The molecule has 1 saturated heterocycles.